The second kappa shape index (κ2) is 9.35. The van der Waals surface area contributed by atoms with E-state index in [4.69, 9.17) is 9.47 Å². The molecule has 122 valence electrons. The van der Waals surface area contributed by atoms with Gasteiger partial charge in [-0.15, -0.1) is 0 Å². The Labute approximate surface area is 135 Å². The van der Waals surface area contributed by atoms with E-state index in [0.717, 1.165) is 16.9 Å². The topological polar surface area (TPSA) is 64.6 Å². The first-order valence-electron chi connectivity index (χ1n) is 7.04. The van der Waals surface area contributed by atoms with Crippen molar-refractivity contribution < 1.29 is 19.1 Å². The van der Waals surface area contributed by atoms with Crippen LogP contribution in [0.2, 0.25) is 0 Å². The fourth-order valence-electron chi connectivity index (χ4n) is 2.03. The summed E-state index contributed by atoms with van der Waals surface area (Å²) in [5.74, 6) is 0.697. The number of hydrogen-bond donors (Lipinski definition) is 1. The lowest BCUT2D eigenvalue weighted by atomic mass is 10.1. The van der Waals surface area contributed by atoms with Crippen molar-refractivity contribution in [2.45, 2.75) is 26.3 Å². The zero-order chi connectivity index (χ0) is 16.5. The van der Waals surface area contributed by atoms with E-state index in [9.17, 15) is 9.59 Å². The van der Waals surface area contributed by atoms with Crippen molar-refractivity contribution in [3.05, 3.63) is 29.3 Å². The van der Waals surface area contributed by atoms with Crippen LogP contribution >= 0.6 is 11.8 Å². The van der Waals surface area contributed by atoms with Gasteiger partial charge in [0.2, 0.25) is 0 Å². The largest absolute Gasteiger partial charge is 0.483 e. The Morgan fingerprint density at radius 3 is 2.45 bits per heavy atom. The van der Waals surface area contributed by atoms with Gasteiger partial charge in [0.1, 0.15) is 11.8 Å². The van der Waals surface area contributed by atoms with Crippen molar-refractivity contribution in [3.63, 3.8) is 0 Å². The summed E-state index contributed by atoms with van der Waals surface area (Å²) in [5, 5.41) is 2.66. The Kier molecular flexibility index (Phi) is 7.80. The van der Waals surface area contributed by atoms with Gasteiger partial charge in [0, 0.05) is 0 Å². The molecular formula is C16H23NO4S. The van der Waals surface area contributed by atoms with Gasteiger partial charge in [0.25, 0.3) is 5.91 Å². The molecular weight excluding hydrogens is 302 g/mol. The molecule has 0 saturated carbocycles. The van der Waals surface area contributed by atoms with Gasteiger partial charge < -0.3 is 14.8 Å². The third-order valence-electron chi connectivity index (χ3n) is 3.19. The number of carbonyl (C=O) groups is 2. The number of carbonyl (C=O) groups excluding carboxylic acids is 2. The zero-order valence-electron chi connectivity index (χ0n) is 13.5. The highest BCUT2D eigenvalue weighted by Crippen LogP contribution is 2.22. The number of nitrogens with one attached hydrogen (secondary N) is 1. The van der Waals surface area contributed by atoms with Crippen LogP contribution in [0.3, 0.4) is 0 Å². The van der Waals surface area contributed by atoms with E-state index in [1.807, 2.05) is 38.3 Å². The molecule has 0 spiro atoms. The van der Waals surface area contributed by atoms with E-state index in [1.165, 1.54) is 7.11 Å². The quantitative estimate of drug-likeness (QED) is 0.742. The maximum Gasteiger partial charge on any atom is 0.328 e. The summed E-state index contributed by atoms with van der Waals surface area (Å²) in [5.41, 5.74) is 1.94. The Bertz CT molecular complexity index is 499. The first-order valence-corrected chi connectivity index (χ1v) is 8.44. The number of thioether (sulfide) groups is 1. The second-order valence-corrected chi connectivity index (χ2v) is 5.92. The number of amides is 1. The summed E-state index contributed by atoms with van der Waals surface area (Å²) in [6, 6.07) is 5.16. The van der Waals surface area contributed by atoms with Crippen LogP contribution in [0.4, 0.5) is 0 Å². The van der Waals surface area contributed by atoms with Crippen LogP contribution in [-0.4, -0.2) is 43.6 Å². The fraction of sp³-hybridized carbons (Fsp3) is 0.500. The summed E-state index contributed by atoms with van der Waals surface area (Å²) < 4.78 is 10.3. The Morgan fingerprint density at radius 1 is 1.27 bits per heavy atom. The molecule has 1 rings (SSSR count). The van der Waals surface area contributed by atoms with Crippen LogP contribution in [0.15, 0.2) is 18.2 Å². The van der Waals surface area contributed by atoms with Crippen molar-refractivity contribution >= 4 is 23.6 Å². The average molecular weight is 325 g/mol. The lowest BCUT2D eigenvalue weighted by Crippen LogP contribution is -2.44. The third-order valence-corrected chi connectivity index (χ3v) is 3.83. The second-order valence-electron chi connectivity index (χ2n) is 4.93. The molecule has 0 unspecified atom stereocenters. The van der Waals surface area contributed by atoms with Crippen molar-refractivity contribution in [1.82, 2.24) is 5.32 Å². The van der Waals surface area contributed by atoms with Gasteiger partial charge in [0.05, 0.1) is 7.11 Å². The first-order chi connectivity index (χ1) is 10.5. The fourth-order valence-corrected chi connectivity index (χ4v) is 2.50. The Hall–Kier alpha value is -1.69. The summed E-state index contributed by atoms with van der Waals surface area (Å²) in [6.45, 7) is 3.73. The lowest BCUT2D eigenvalue weighted by Gasteiger charge is -2.17. The molecule has 0 aliphatic rings. The molecule has 1 atom stereocenters. The number of rotatable bonds is 8. The van der Waals surface area contributed by atoms with Gasteiger partial charge in [-0.1, -0.05) is 18.2 Å². The minimum atomic E-state index is -0.633. The van der Waals surface area contributed by atoms with Crippen molar-refractivity contribution in [3.8, 4) is 5.75 Å². The van der Waals surface area contributed by atoms with Gasteiger partial charge in [-0.25, -0.2) is 4.79 Å². The predicted octanol–water partition coefficient (Wildman–Crippen LogP) is 2.09. The molecule has 0 bridgehead atoms. The molecule has 1 aromatic carbocycles. The molecule has 1 amide bonds. The molecule has 0 radical (unpaired) electrons. The average Bonchev–Trinajstić information content (AvgIpc) is 2.50. The standard InChI is InChI=1S/C16H23NO4S/c1-11-6-5-7-12(2)15(11)21-10-14(18)17-13(8-9-22-4)16(19)20-3/h5-7,13H,8-10H2,1-4H3,(H,17,18)/t13-/m0/s1. The highest BCUT2D eigenvalue weighted by Gasteiger charge is 2.21. The molecule has 0 aliphatic heterocycles. The van der Waals surface area contributed by atoms with E-state index in [1.54, 1.807) is 11.8 Å². The minimum absolute atomic E-state index is 0.127. The van der Waals surface area contributed by atoms with Gasteiger partial charge in [-0.3, -0.25) is 4.79 Å². The van der Waals surface area contributed by atoms with Crippen LogP contribution in [0.5, 0.6) is 5.75 Å². The molecule has 1 aromatic rings. The molecule has 0 fully saturated rings. The predicted molar refractivity (Wildman–Crippen MR) is 88.4 cm³/mol. The molecule has 0 aromatic heterocycles. The van der Waals surface area contributed by atoms with Crippen LogP contribution in [-0.2, 0) is 14.3 Å². The molecule has 0 saturated heterocycles. The number of aryl methyl sites for hydroxylation is 2. The molecule has 0 heterocycles. The summed E-state index contributed by atoms with van der Waals surface area (Å²) in [7, 11) is 1.31. The van der Waals surface area contributed by atoms with Gasteiger partial charge >= 0.3 is 5.97 Å². The van der Waals surface area contributed by atoms with E-state index < -0.39 is 12.0 Å². The maximum atomic E-state index is 12.0. The summed E-state index contributed by atoms with van der Waals surface area (Å²) in [6.07, 6.45) is 2.48. The number of benzene rings is 1. The van der Waals surface area contributed by atoms with Gasteiger partial charge in [-0.2, -0.15) is 11.8 Å². The smallest absolute Gasteiger partial charge is 0.328 e. The monoisotopic (exact) mass is 325 g/mol. The molecule has 22 heavy (non-hydrogen) atoms. The van der Waals surface area contributed by atoms with E-state index in [0.29, 0.717) is 12.2 Å². The Balaban J connectivity index is 2.58. The van der Waals surface area contributed by atoms with Crippen LogP contribution in [0.1, 0.15) is 17.5 Å². The van der Waals surface area contributed by atoms with Crippen LogP contribution < -0.4 is 10.1 Å². The lowest BCUT2D eigenvalue weighted by molar-refractivity contribution is -0.145. The highest BCUT2D eigenvalue weighted by molar-refractivity contribution is 7.98. The third kappa shape index (κ3) is 5.60. The maximum absolute atomic E-state index is 12.0. The highest BCUT2D eigenvalue weighted by atomic mass is 32.2. The Morgan fingerprint density at radius 2 is 1.91 bits per heavy atom. The van der Waals surface area contributed by atoms with Crippen molar-refractivity contribution in [2.24, 2.45) is 0 Å². The van der Waals surface area contributed by atoms with Crippen LogP contribution in [0.25, 0.3) is 0 Å². The summed E-state index contributed by atoms with van der Waals surface area (Å²) in [4.78, 5) is 23.6. The van der Waals surface area contributed by atoms with E-state index in [-0.39, 0.29) is 12.5 Å². The number of hydrogen-bond acceptors (Lipinski definition) is 5. The molecule has 1 N–H and O–H groups in total. The normalized spacial score (nSPS) is 11.6. The van der Waals surface area contributed by atoms with E-state index in [2.05, 4.69) is 5.32 Å². The zero-order valence-corrected chi connectivity index (χ0v) is 14.3. The molecule has 0 aliphatic carbocycles. The SMILES string of the molecule is COC(=O)[C@H](CCSC)NC(=O)COc1c(C)cccc1C. The van der Waals surface area contributed by atoms with Crippen molar-refractivity contribution in [2.75, 3.05) is 25.7 Å². The van der Waals surface area contributed by atoms with Gasteiger partial charge in [-0.05, 0) is 43.4 Å². The van der Waals surface area contributed by atoms with Crippen molar-refractivity contribution in [1.29, 1.82) is 0 Å². The number of ether oxygens (including phenoxy) is 2. The first kappa shape index (κ1) is 18.4. The number of para-hydroxylation sites is 1. The molecule has 5 nitrogen and oxygen atoms in total. The van der Waals surface area contributed by atoms with Gasteiger partial charge in [0.15, 0.2) is 6.61 Å². The number of methoxy groups -OCH3 is 1. The summed E-state index contributed by atoms with van der Waals surface area (Å²) >= 11 is 1.61. The minimum Gasteiger partial charge on any atom is -0.483 e. The van der Waals surface area contributed by atoms with Crippen LogP contribution in [0, 0.1) is 13.8 Å². The van der Waals surface area contributed by atoms with E-state index >= 15 is 0 Å². The molecule has 6 heteroatoms. The number of esters is 1.